The van der Waals surface area contributed by atoms with Gasteiger partial charge in [0.2, 0.25) is 0 Å². The molecule has 0 aliphatic rings. The molecule has 0 saturated heterocycles. The quantitative estimate of drug-likeness (QED) is 0.532. The van der Waals surface area contributed by atoms with Gasteiger partial charge >= 0.3 is 0 Å². The van der Waals surface area contributed by atoms with Gasteiger partial charge in [0.15, 0.2) is 5.11 Å². The SMILES string of the molecule is CN(Cc1ccccn1)C(=S)Nc1ccc([N+](=O)[O-])cc1. The molecule has 0 fully saturated rings. The number of rotatable bonds is 4. The Bertz CT molecular complexity index is 631. The second-order valence-electron chi connectivity index (χ2n) is 4.41. The third-order valence-electron chi connectivity index (χ3n) is 2.80. The van der Waals surface area contributed by atoms with Crippen LogP contribution in [-0.4, -0.2) is 27.0 Å². The average molecular weight is 302 g/mol. The number of aromatic nitrogens is 1. The number of hydrogen-bond acceptors (Lipinski definition) is 4. The highest BCUT2D eigenvalue weighted by Gasteiger charge is 2.08. The number of benzene rings is 1. The van der Waals surface area contributed by atoms with Crippen molar-refractivity contribution in [1.29, 1.82) is 0 Å². The Morgan fingerprint density at radius 3 is 2.62 bits per heavy atom. The highest BCUT2D eigenvalue weighted by molar-refractivity contribution is 7.80. The monoisotopic (exact) mass is 302 g/mol. The molecule has 0 bridgehead atoms. The maximum absolute atomic E-state index is 10.6. The van der Waals surface area contributed by atoms with Crippen LogP contribution in [0, 0.1) is 10.1 Å². The lowest BCUT2D eigenvalue weighted by Crippen LogP contribution is -2.30. The number of nitrogens with one attached hydrogen (secondary N) is 1. The van der Waals surface area contributed by atoms with Gasteiger partial charge in [0, 0.05) is 31.1 Å². The van der Waals surface area contributed by atoms with Gasteiger partial charge in [-0.3, -0.25) is 15.1 Å². The minimum atomic E-state index is -0.435. The van der Waals surface area contributed by atoms with Crippen LogP contribution in [0.5, 0.6) is 0 Å². The Morgan fingerprint density at radius 2 is 2.05 bits per heavy atom. The van der Waals surface area contributed by atoms with Crippen LogP contribution in [-0.2, 0) is 6.54 Å². The molecule has 7 heteroatoms. The fourth-order valence-electron chi connectivity index (χ4n) is 1.69. The van der Waals surface area contributed by atoms with E-state index in [0.29, 0.717) is 17.3 Å². The van der Waals surface area contributed by atoms with Crippen molar-refractivity contribution >= 4 is 28.7 Å². The summed E-state index contributed by atoms with van der Waals surface area (Å²) in [4.78, 5) is 16.2. The Morgan fingerprint density at radius 1 is 1.33 bits per heavy atom. The summed E-state index contributed by atoms with van der Waals surface area (Å²) in [5.41, 5.74) is 1.67. The van der Waals surface area contributed by atoms with Gasteiger partial charge in [-0.1, -0.05) is 6.07 Å². The molecule has 0 saturated carbocycles. The van der Waals surface area contributed by atoms with Crippen LogP contribution in [0.4, 0.5) is 11.4 Å². The van der Waals surface area contributed by atoms with E-state index in [4.69, 9.17) is 12.2 Å². The highest BCUT2D eigenvalue weighted by atomic mass is 32.1. The van der Waals surface area contributed by atoms with Crippen molar-refractivity contribution in [3.05, 3.63) is 64.5 Å². The lowest BCUT2D eigenvalue weighted by atomic mass is 10.3. The maximum atomic E-state index is 10.6. The van der Waals surface area contributed by atoms with Gasteiger partial charge in [-0.25, -0.2) is 0 Å². The predicted octanol–water partition coefficient (Wildman–Crippen LogP) is 2.82. The molecule has 6 nitrogen and oxygen atoms in total. The second kappa shape index (κ2) is 6.76. The molecule has 1 aromatic heterocycles. The van der Waals surface area contributed by atoms with Gasteiger partial charge in [0.05, 0.1) is 17.2 Å². The van der Waals surface area contributed by atoms with Crippen LogP contribution >= 0.6 is 12.2 Å². The summed E-state index contributed by atoms with van der Waals surface area (Å²) in [6.07, 6.45) is 1.73. The van der Waals surface area contributed by atoms with Crippen LogP contribution in [0.25, 0.3) is 0 Å². The van der Waals surface area contributed by atoms with Gasteiger partial charge in [-0.05, 0) is 36.5 Å². The summed E-state index contributed by atoms with van der Waals surface area (Å²) >= 11 is 5.30. The molecule has 2 rings (SSSR count). The van der Waals surface area contributed by atoms with Crippen molar-refractivity contribution in [2.75, 3.05) is 12.4 Å². The average Bonchev–Trinajstić information content (AvgIpc) is 2.48. The van der Waals surface area contributed by atoms with E-state index in [1.807, 2.05) is 30.1 Å². The zero-order valence-electron chi connectivity index (χ0n) is 11.4. The summed E-state index contributed by atoms with van der Waals surface area (Å²) in [5, 5.41) is 14.1. The van der Waals surface area contributed by atoms with Gasteiger partial charge < -0.3 is 10.2 Å². The molecule has 0 unspecified atom stereocenters. The lowest BCUT2D eigenvalue weighted by Gasteiger charge is -2.20. The van der Waals surface area contributed by atoms with E-state index in [2.05, 4.69) is 10.3 Å². The van der Waals surface area contributed by atoms with Crippen LogP contribution in [0.2, 0.25) is 0 Å². The molecule has 1 heterocycles. The van der Waals surface area contributed by atoms with Crippen LogP contribution < -0.4 is 5.32 Å². The summed E-state index contributed by atoms with van der Waals surface area (Å²) < 4.78 is 0. The zero-order chi connectivity index (χ0) is 15.2. The fourth-order valence-corrected chi connectivity index (χ4v) is 1.87. The number of pyridine rings is 1. The maximum Gasteiger partial charge on any atom is 0.269 e. The molecular formula is C14H14N4O2S. The van der Waals surface area contributed by atoms with Crippen LogP contribution in [0.3, 0.4) is 0 Å². The minimum absolute atomic E-state index is 0.0494. The minimum Gasteiger partial charge on any atom is -0.346 e. The molecule has 2 aromatic rings. The largest absolute Gasteiger partial charge is 0.346 e. The van der Waals surface area contributed by atoms with E-state index in [0.717, 1.165) is 5.69 Å². The molecule has 0 spiro atoms. The Hall–Kier alpha value is -2.54. The molecular weight excluding hydrogens is 288 g/mol. The van der Waals surface area contributed by atoms with Gasteiger partial charge in [0.25, 0.3) is 5.69 Å². The highest BCUT2D eigenvalue weighted by Crippen LogP contribution is 2.16. The molecule has 0 aliphatic heterocycles. The third-order valence-corrected chi connectivity index (χ3v) is 3.22. The first-order valence-corrected chi connectivity index (χ1v) is 6.63. The van der Waals surface area contributed by atoms with Crippen LogP contribution in [0.15, 0.2) is 48.7 Å². The molecule has 0 radical (unpaired) electrons. The number of nitro groups is 1. The number of nitro benzene ring substituents is 1. The normalized spacial score (nSPS) is 9.95. The van der Waals surface area contributed by atoms with Crippen molar-refractivity contribution in [3.8, 4) is 0 Å². The predicted molar refractivity (Wildman–Crippen MR) is 85.0 cm³/mol. The standard InChI is InChI=1S/C14H14N4O2S/c1-17(10-12-4-2-3-9-15-12)14(21)16-11-5-7-13(8-6-11)18(19)20/h2-9H,10H2,1H3,(H,16,21). The molecule has 0 aliphatic carbocycles. The molecule has 108 valence electrons. The van der Waals surface area contributed by atoms with E-state index in [9.17, 15) is 10.1 Å². The van der Waals surface area contributed by atoms with Gasteiger partial charge in [-0.15, -0.1) is 0 Å². The third kappa shape index (κ3) is 4.22. The van der Waals surface area contributed by atoms with Crippen molar-refractivity contribution in [2.45, 2.75) is 6.54 Å². The van der Waals surface area contributed by atoms with E-state index in [1.54, 1.807) is 18.3 Å². The fraction of sp³-hybridized carbons (Fsp3) is 0.143. The smallest absolute Gasteiger partial charge is 0.269 e. The Kier molecular flexibility index (Phi) is 4.78. The summed E-state index contributed by atoms with van der Waals surface area (Å²) in [6.45, 7) is 0.583. The molecule has 0 atom stereocenters. The Labute approximate surface area is 127 Å². The van der Waals surface area contributed by atoms with Crippen molar-refractivity contribution in [2.24, 2.45) is 0 Å². The number of anilines is 1. The van der Waals surface area contributed by atoms with Gasteiger partial charge in [0.1, 0.15) is 0 Å². The van der Waals surface area contributed by atoms with Crippen molar-refractivity contribution in [3.63, 3.8) is 0 Å². The molecule has 0 amide bonds. The lowest BCUT2D eigenvalue weighted by molar-refractivity contribution is -0.384. The van der Waals surface area contributed by atoms with Crippen LogP contribution in [0.1, 0.15) is 5.69 Å². The van der Waals surface area contributed by atoms with Gasteiger partial charge in [-0.2, -0.15) is 0 Å². The summed E-state index contributed by atoms with van der Waals surface area (Å²) in [6, 6.07) is 11.8. The molecule has 21 heavy (non-hydrogen) atoms. The zero-order valence-corrected chi connectivity index (χ0v) is 12.2. The number of non-ortho nitro benzene ring substituents is 1. The first-order chi connectivity index (χ1) is 10.1. The van der Waals surface area contributed by atoms with Crippen molar-refractivity contribution in [1.82, 2.24) is 9.88 Å². The first-order valence-electron chi connectivity index (χ1n) is 6.23. The topological polar surface area (TPSA) is 71.3 Å². The molecule has 1 aromatic carbocycles. The number of nitrogens with zero attached hydrogens (tertiary/aromatic N) is 3. The van der Waals surface area contributed by atoms with Crippen molar-refractivity contribution < 1.29 is 4.92 Å². The van der Waals surface area contributed by atoms with E-state index in [-0.39, 0.29) is 5.69 Å². The van der Waals surface area contributed by atoms with E-state index >= 15 is 0 Å². The number of thiocarbonyl (C=S) groups is 1. The first kappa shape index (κ1) is 14.9. The summed E-state index contributed by atoms with van der Waals surface area (Å²) in [7, 11) is 1.86. The Balaban J connectivity index is 1.95. The second-order valence-corrected chi connectivity index (χ2v) is 4.80. The number of hydrogen-bond donors (Lipinski definition) is 1. The summed E-state index contributed by atoms with van der Waals surface area (Å²) in [5.74, 6) is 0. The molecule has 1 N–H and O–H groups in total. The van der Waals surface area contributed by atoms with E-state index < -0.39 is 4.92 Å². The van der Waals surface area contributed by atoms with E-state index in [1.165, 1.54) is 12.1 Å².